The lowest BCUT2D eigenvalue weighted by molar-refractivity contribution is 0.198. The van der Waals surface area contributed by atoms with Gasteiger partial charge in [0.25, 0.3) is 0 Å². The van der Waals surface area contributed by atoms with Crippen molar-refractivity contribution in [3.63, 3.8) is 0 Å². The highest BCUT2D eigenvalue weighted by Crippen LogP contribution is 2.34. The summed E-state index contributed by atoms with van der Waals surface area (Å²) in [6.07, 6.45) is 7.77. The number of hydrogen-bond acceptors (Lipinski definition) is 5. The third kappa shape index (κ3) is 4.26. The first-order chi connectivity index (χ1) is 13.2. The predicted octanol–water partition coefficient (Wildman–Crippen LogP) is 4.15. The highest BCUT2D eigenvalue weighted by atomic mass is 35.5. The second-order valence-corrected chi connectivity index (χ2v) is 7.40. The van der Waals surface area contributed by atoms with Crippen molar-refractivity contribution in [1.29, 1.82) is 0 Å². The third-order valence-corrected chi connectivity index (χ3v) is 5.29. The first-order valence-corrected chi connectivity index (χ1v) is 9.56. The van der Waals surface area contributed by atoms with Crippen molar-refractivity contribution in [1.82, 2.24) is 19.9 Å². The highest BCUT2D eigenvalue weighted by molar-refractivity contribution is 6.30. The van der Waals surface area contributed by atoms with Crippen LogP contribution in [0.2, 0.25) is 5.02 Å². The zero-order valence-electron chi connectivity index (χ0n) is 15.1. The molecule has 1 aliphatic rings. The molecule has 1 aliphatic heterocycles. The molecule has 0 radical (unpaired) electrons. The number of piperidine rings is 1. The number of benzene rings is 1. The molecule has 2 N–H and O–H groups in total. The van der Waals surface area contributed by atoms with E-state index in [2.05, 4.69) is 32.0 Å². The lowest BCUT2D eigenvalue weighted by Crippen LogP contribution is -2.34. The van der Waals surface area contributed by atoms with E-state index in [9.17, 15) is 0 Å². The van der Waals surface area contributed by atoms with Gasteiger partial charge in [-0.15, -0.1) is 0 Å². The Morgan fingerprint density at radius 2 is 1.89 bits per heavy atom. The van der Waals surface area contributed by atoms with E-state index in [0.717, 1.165) is 54.3 Å². The molecule has 0 bridgehead atoms. The number of anilines is 1. The number of nitrogens with zero attached hydrogens (tertiary/aromatic N) is 4. The molecule has 0 spiro atoms. The van der Waals surface area contributed by atoms with Gasteiger partial charge in [-0.1, -0.05) is 23.7 Å². The molecule has 5 nitrogen and oxygen atoms in total. The minimum atomic E-state index is 0.328. The summed E-state index contributed by atoms with van der Waals surface area (Å²) in [6, 6.07) is 12.0. The molecule has 1 fully saturated rings. The molecule has 1 unspecified atom stereocenters. The van der Waals surface area contributed by atoms with Crippen LogP contribution in [-0.4, -0.2) is 32.9 Å². The van der Waals surface area contributed by atoms with E-state index < -0.39 is 0 Å². The van der Waals surface area contributed by atoms with Crippen LogP contribution in [0.5, 0.6) is 0 Å². The number of nitrogen functional groups attached to an aromatic ring is 1. The maximum atomic E-state index is 6.05. The fourth-order valence-electron chi connectivity index (χ4n) is 3.74. The van der Waals surface area contributed by atoms with Gasteiger partial charge in [-0.25, -0.2) is 9.97 Å². The summed E-state index contributed by atoms with van der Waals surface area (Å²) in [4.78, 5) is 15.5. The number of pyridine rings is 1. The van der Waals surface area contributed by atoms with Gasteiger partial charge in [-0.2, -0.15) is 0 Å². The molecular formula is C21H22ClN5. The Morgan fingerprint density at radius 1 is 1.11 bits per heavy atom. The lowest BCUT2D eigenvalue weighted by Gasteiger charge is -2.33. The van der Waals surface area contributed by atoms with Crippen molar-refractivity contribution in [3.05, 3.63) is 71.3 Å². The number of likely N-dealkylation sites (tertiary alicyclic amines) is 1. The molecule has 3 aromatic rings. The minimum absolute atomic E-state index is 0.328. The highest BCUT2D eigenvalue weighted by Gasteiger charge is 2.25. The van der Waals surface area contributed by atoms with E-state index in [1.54, 1.807) is 0 Å². The molecule has 4 rings (SSSR count). The maximum Gasteiger partial charge on any atom is 0.220 e. The fourth-order valence-corrected chi connectivity index (χ4v) is 3.87. The molecule has 2 aromatic heterocycles. The van der Waals surface area contributed by atoms with Gasteiger partial charge in [0.1, 0.15) is 0 Å². The van der Waals surface area contributed by atoms with Crippen molar-refractivity contribution in [2.45, 2.75) is 25.3 Å². The van der Waals surface area contributed by atoms with Gasteiger partial charge in [0.05, 0.1) is 5.69 Å². The third-order valence-electron chi connectivity index (χ3n) is 5.04. The molecule has 0 amide bonds. The fraction of sp³-hybridized carbons (Fsp3) is 0.286. The zero-order chi connectivity index (χ0) is 18.6. The van der Waals surface area contributed by atoms with E-state index in [0.29, 0.717) is 11.9 Å². The molecule has 27 heavy (non-hydrogen) atoms. The monoisotopic (exact) mass is 379 g/mol. The van der Waals surface area contributed by atoms with Crippen LogP contribution in [0.25, 0.3) is 11.1 Å². The second kappa shape index (κ2) is 8.03. The molecule has 1 atom stereocenters. The van der Waals surface area contributed by atoms with Gasteiger partial charge in [0.2, 0.25) is 5.95 Å². The summed E-state index contributed by atoms with van der Waals surface area (Å²) in [5, 5.41) is 0.720. The smallest absolute Gasteiger partial charge is 0.220 e. The molecule has 1 saturated heterocycles. The number of aromatic nitrogens is 3. The molecule has 6 heteroatoms. The molecular weight excluding hydrogens is 358 g/mol. The Morgan fingerprint density at radius 3 is 2.67 bits per heavy atom. The molecule has 3 heterocycles. The first-order valence-electron chi connectivity index (χ1n) is 9.18. The van der Waals surface area contributed by atoms with Crippen LogP contribution in [0, 0.1) is 0 Å². The number of hydrogen-bond donors (Lipinski definition) is 1. The van der Waals surface area contributed by atoms with Crippen molar-refractivity contribution < 1.29 is 0 Å². The molecule has 0 saturated carbocycles. The Balaban J connectivity index is 1.60. The van der Waals surface area contributed by atoms with E-state index in [1.807, 2.05) is 42.9 Å². The van der Waals surface area contributed by atoms with Gasteiger partial charge in [0.15, 0.2) is 0 Å². The first kappa shape index (κ1) is 17.9. The standard InChI is InChI=1S/C21H22ClN5/c22-18-5-3-16(4-6-18)19-12-25-21(23)26-20(19)17-2-1-11-27(14-17)13-15-7-9-24-10-8-15/h3-10,12,17H,1-2,11,13-14H2,(H2,23,25,26). The number of halogens is 1. The second-order valence-electron chi connectivity index (χ2n) is 6.96. The van der Waals surface area contributed by atoms with Crippen molar-refractivity contribution in [3.8, 4) is 11.1 Å². The SMILES string of the molecule is Nc1ncc(-c2ccc(Cl)cc2)c(C2CCCN(Cc3ccncc3)C2)n1. The van der Waals surface area contributed by atoms with Crippen LogP contribution in [0.4, 0.5) is 5.95 Å². The summed E-state index contributed by atoms with van der Waals surface area (Å²) in [5.41, 5.74) is 10.4. The van der Waals surface area contributed by atoms with E-state index in [1.165, 1.54) is 5.56 Å². The van der Waals surface area contributed by atoms with Gasteiger partial charge < -0.3 is 5.73 Å². The normalized spacial score (nSPS) is 17.7. The summed E-state index contributed by atoms with van der Waals surface area (Å²) in [5.74, 6) is 0.658. The van der Waals surface area contributed by atoms with Crippen LogP contribution >= 0.6 is 11.6 Å². The van der Waals surface area contributed by atoms with Crippen LogP contribution in [0.1, 0.15) is 30.0 Å². The average Bonchev–Trinajstić information content (AvgIpc) is 2.70. The van der Waals surface area contributed by atoms with Gasteiger partial charge in [-0.05, 0) is 54.8 Å². The van der Waals surface area contributed by atoms with Crippen LogP contribution < -0.4 is 5.73 Å². The summed E-state index contributed by atoms with van der Waals surface area (Å²) < 4.78 is 0. The van der Waals surface area contributed by atoms with Gasteiger partial charge in [0, 0.05) is 48.2 Å². The Bertz CT molecular complexity index is 898. The average molecular weight is 380 g/mol. The number of nitrogens with two attached hydrogens (primary N) is 1. The summed E-state index contributed by atoms with van der Waals surface area (Å²) in [6.45, 7) is 2.98. The lowest BCUT2D eigenvalue weighted by atomic mass is 9.89. The molecule has 1 aromatic carbocycles. The van der Waals surface area contributed by atoms with E-state index >= 15 is 0 Å². The van der Waals surface area contributed by atoms with E-state index in [-0.39, 0.29) is 0 Å². The molecule has 0 aliphatic carbocycles. The Hall–Kier alpha value is -2.50. The maximum absolute atomic E-state index is 6.05. The minimum Gasteiger partial charge on any atom is -0.368 e. The predicted molar refractivity (Wildman–Crippen MR) is 108 cm³/mol. The Kier molecular flexibility index (Phi) is 5.32. The van der Waals surface area contributed by atoms with E-state index in [4.69, 9.17) is 17.3 Å². The number of rotatable bonds is 4. The quantitative estimate of drug-likeness (QED) is 0.737. The van der Waals surface area contributed by atoms with Crippen molar-refractivity contribution in [2.75, 3.05) is 18.8 Å². The zero-order valence-corrected chi connectivity index (χ0v) is 15.8. The molecule has 138 valence electrons. The van der Waals surface area contributed by atoms with Crippen LogP contribution in [0.3, 0.4) is 0 Å². The van der Waals surface area contributed by atoms with Crippen LogP contribution in [-0.2, 0) is 6.54 Å². The van der Waals surface area contributed by atoms with Crippen molar-refractivity contribution in [2.24, 2.45) is 0 Å². The van der Waals surface area contributed by atoms with Gasteiger partial charge in [-0.3, -0.25) is 9.88 Å². The largest absolute Gasteiger partial charge is 0.368 e. The topological polar surface area (TPSA) is 67.9 Å². The van der Waals surface area contributed by atoms with Crippen molar-refractivity contribution >= 4 is 17.5 Å². The van der Waals surface area contributed by atoms with Gasteiger partial charge >= 0.3 is 0 Å². The Labute approximate surface area is 164 Å². The summed E-state index contributed by atoms with van der Waals surface area (Å²) in [7, 11) is 0. The summed E-state index contributed by atoms with van der Waals surface area (Å²) >= 11 is 6.05. The van der Waals surface area contributed by atoms with Crippen LogP contribution in [0.15, 0.2) is 55.0 Å².